The molecule has 4 heterocycles. The lowest BCUT2D eigenvalue weighted by molar-refractivity contribution is -0.150. The molecule has 0 N–H and O–H groups in total. The van der Waals surface area contributed by atoms with Crippen LogP contribution in [0.1, 0.15) is 59.0 Å². The number of aromatic nitrogens is 3. The van der Waals surface area contributed by atoms with E-state index in [-0.39, 0.29) is 30.4 Å². The van der Waals surface area contributed by atoms with Gasteiger partial charge in [0.15, 0.2) is 5.65 Å². The van der Waals surface area contributed by atoms with Gasteiger partial charge in [0.05, 0.1) is 24.3 Å². The number of fused-ring (bicyclic) bond motifs is 2. The lowest BCUT2D eigenvalue weighted by Crippen LogP contribution is -2.51. The van der Waals surface area contributed by atoms with E-state index in [1.165, 1.54) is 17.2 Å². The second kappa shape index (κ2) is 11.1. The predicted octanol–water partition coefficient (Wildman–Crippen LogP) is 4.80. The molecular weight excluding hydrogens is 549 g/mol. The number of ether oxygens (including phenoxy) is 2. The van der Waals surface area contributed by atoms with Crippen LogP contribution in [0.2, 0.25) is 0 Å². The van der Waals surface area contributed by atoms with Gasteiger partial charge in [-0.05, 0) is 61.6 Å². The lowest BCUT2D eigenvalue weighted by atomic mass is 9.93. The van der Waals surface area contributed by atoms with Gasteiger partial charge >= 0.3 is 5.97 Å². The summed E-state index contributed by atoms with van der Waals surface area (Å²) in [6.07, 6.45) is 2.86. The Morgan fingerprint density at radius 1 is 1.05 bits per heavy atom. The molecule has 0 bridgehead atoms. The van der Waals surface area contributed by atoms with Gasteiger partial charge in [-0.1, -0.05) is 24.3 Å². The van der Waals surface area contributed by atoms with E-state index in [1.807, 2.05) is 34.1 Å². The van der Waals surface area contributed by atoms with Crippen molar-refractivity contribution in [1.82, 2.24) is 19.5 Å². The second-order valence-electron chi connectivity index (χ2n) is 11.7. The SMILES string of the molecule is COCCOC(=O)C1CN(c2ccc(-c3cc4nc(C(=O)N5CCc6ccccc6[C@H]5C)cc(C5CC5)n4n3)c(F)c2)C1. The molecule has 10 heteroatoms. The number of hydrogen-bond acceptors (Lipinski definition) is 7. The van der Waals surface area contributed by atoms with Crippen molar-refractivity contribution in [3.63, 3.8) is 0 Å². The van der Waals surface area contributed by atoms with Gasteiger partial charge < -0.3 is 19.3 Å². The van der Waals surface area contributed by atoms with Gasteiger partial charge in [0.2, 0.25) is 0 Å². The predicted molar refractivity (Wildman–Crippen MR) is 158 cm³/mol. The molecular formula is C33H34FN5O4. The molecule has 9 nitrogen and oxygen atoms in total. The van der Waals surface area contributed by atoms with Crippen molar-refractivity contribution in [3.8, 4) is 11.3 Å². The average Bonchev–Trinajstić information content (AvgIpc) is 3.74. The Labute approximate surface area is 249 Å². The van der Waals surface area contributed by atoms with Crippen molar-refractivity contribution in [3.05, 3.63) is 82.9 Å². The molecule has 1 aliphatic carbocycles. The zero-order chi connectivity index (χ0) is 29.7. The topological polar surface area (TPSA) is 89.3 Å². The second-order valence-corrected chi connectivity index (χ2v) is 11.7. The highest BCUT2D eigenvalue weighted by atomic mass is 19.1. The van der Waals surface area contributed by atoms with E-state index >= 15 is 4.39 Å². The van der Waals surface area contributed by atoms with E-state index in [4.69, 9.17) is 19.6 Å². The number of halogens is 1. The van der Waals surface area contributed by atoms with Crippen LogP contribution in [0.3, 0.4) is 0 Å². The monoisotopic (exact) mass is 583 g/mol. The van der Waals surface area contributed by atoms with E-state index in [9.17, 15) is 9.59 Å². The van der Waals surface area contributed by atoms with Gasteiger partial charge in [-0.25, -0.2) is 13.9 Å². The highest BCUT2D eigenvalue weighted by Crippen LogP contribution is 2.41. The van der Waals surface area contributed by atoms with Crippen molar-refractivity contribution in [1.29, 1.82) is 0 Å². The zero-order valence-corrected chi connectivity index (χ0v) is 24.3. The number of benzene rings is 2. The first kappa shape index (κ1) is 27.5. The molecule has 43 heavy (non-hydrogen) atoms. The Kier molecular flexibility index (Phi) is 7.09. The fourth-order valence-electron chi connectivity index (χ4n) is 6.20. The maximum atomic E-state index is 15.5. The Morgan fingerprint density at radius 3 is 2.63 bits per heavy atom. The van der Waals surface area contributed by atoms with E-state index in [1.54, 1.807) is 23.8 Å². The smallest absolute Gasteiger partial charge is 0.312 e. The molecule has 2 aliphatic heterocycles. The molecule has 222 valence electrons. The molecule has 0 radical (unpaired) electrons. The van der Waals surface area contributed by atoms with Crippen LogP contribution in [0.4, 0.5) is 10.1 Å². The third kappa shape index (κ3) is 5.14. The minimum atomic E-state index is -0.405. The Bertz CT molecular complexity index is 1710. The molecule has 0 unspecified atom stereocenters. The van der Waals surface area contributed by atoms with Crippen LogP contribution < -0.4 is 4.90 Å². The summed E-state index contributed by atoms with van der Waals surface area (Å²) in [4.78, 5) is 34.5. The number of esters is 1. The summed E-state index contributed by atoms with van der Waals surface area (Å²) in [6.45, 7) is 4.25. The summed E-state index contributed by atoms with van der Waals surface area (Å²) >= 11 is 0. The number of anilines is 1. The van der Waals surface area contributed by atoms with E-state index in [0.29, 0.717) is 60.4 Å². The van der Waals surface area contributed by atoms with Crippen LogP contribution in [-0.4, -0.2) is 71.3 Å². The number of carbonyl (C=O) groups is 2. The van der Waals surface area contributed by atoms with Gasteiger partial charge in [-0.3, -0.25) is 9.59 Å². The standard InChI is InChI=1S/C33H34FN5O4/c1-20-25-6-4-3-5-21(25)11-12-38(20)32(40)29-16-30(22-7-8-22)39-31(35-29)17-28(36-39)26-10-9-24(15-27(26)34)37-18-23(19-37)33(41)43-14-13-42-2/h3-6,9-10,15-17,20,22-23H,7-8,11-14,18-19H2,1-2H3/t20-/m1/s1. The average molecular weight is 584 g/mol. The minimum Gasteiger partial charge on any atom is -0.463 e. The number of methoxy groups -OCH3 is 1. The van der Waals surface area contributed by atoms with Crippen molar-refractivity contribution in [2.45, 2.75) is 38.1 Å². The lowest BCUT2D eigenvalue weighted by Gasteiger charge is -2.39. The van der Waals surface area contributed by atoms with Crippen LogP contribution in [0.15, 0.2) is 54.6 Å². The van der Waals surface area contributed by atoms with Crippen LogP contribution in [-0.2, 0) is 20.7 Å². The number of hydrogen-bond donors (Lipinski definition) is 0. The van der Waals surface area contributed by atoms with Crippen molar-refractivity contribution >= 4 is 23.2 Å². The molecule has 1 saturated heterocycles. The van der Waals surface area contributed by atoms with Crippen molar-refractivity contribution < 1.29 is 23.5 Å². The van der Waals surface area contributed by atoms with Crippen LogP contribution in [0.25, 0.3) is 16.9 Å². The molecule has 0 spiro atoms. The number of amides is 1. The summed E-state index contributed by atoms with van der Waals surface area (Å²) < 4.78 is 27.4. The molecule has 2 fully saturated rings. The maximum Gasteiger partial charge on any atom is 0.312 e. The van der Waals surface area contributed by atoms with Crippen LogP contribution in [0, 0.1) is 11.7 Å². The van der Waals surface area contributed by atoms with E-state index < -0.39 is 5.82 Å². The van der Waals surface area contributed by atoms with Gasteiger partial charge in [0.1, 0.15) is 18.1 Å². The first-order valence-corrected chi connectivity index (χ1v) is 14.9. The zero-order valence-electron chi connectivity index (χ0n) is 24.3. The Balaban J connectivity index is 1.12. The van der Waals surface area contributed by atoms with Crippen LogP contribution >= 0.6 is 0 Å². The molecule has 7 rings (SSSR count). The number of nitrogens with zero attached hydrogens (tertiary/aromatic N) is 5. The third-order valence-corrected chi connectivity index (χ3v) is 8.87. The molecule has 1 atom stereocenters. The highest BCUT2D eigenvalue weighted by molar-refractivity contribution is 5.93. The molecule has 2 aromatic carbocycles. The quantitative estimate of drug-likeness (QED) is 0.218. The normalized spacial score (nSPS) is 18.4. The summed E-state index contributed by atoms with van der Waals surface area (Å²) in [5, 5.41) is 4.75. The fourth-order valence-corrected chi connectivity index (χ4v) is 6.20. The summed E-state index contributed by atoms with van der Waals surface area (Å²) in [7, 11) is 1.56. The Hall–Kier alpha value is -4.31. The van der Waals surface area contributed by atoms with Crippen molar-refractivity contribution in [2.24, 2.45) is 5.92 Å². The Morgan fingerprint density at radius 2 is 1.86 bits per heavy atom. The third-order valence-electron chi connectivity index (χ3n) is 8.87. The molecule has 2 aromatic heterocycles. The van der Waals surface area contributed by atoms with Crippen molar-refractivity contribution in [2.75, 3.05) is 44.9 Å². The highest BCUT2D eigenvalue weighted by Gasteiger charge is 2.35. The van der Waals surface area contributed by atoms with Gasteiger partial charge in [0.25, 0.3) is 5.91 Å². The maximum absolute atomic E-state index is 15.5. The molecule has 1 amide bonds. The van der Waals surface area contributed by atoms with Gasteiger partial charge in [0, 0.05) is 55.7 Å². The largest absolute Gasteiger partial charge is 0.463 e. The summed E-state index contributed by atoms with van der Waals surface area (Å²) in [6, 6.07) is 16.9. The fraction of sp³-hybridized carbons (Fsp3) is 0.394. The van der Waals surface area contributed by atoms with Crippen LogP contribution in [0.5, 0.6) is 0 Å². The number of carbonyl (C=O) groups excluding carboxylic acids is 2. The van der Waals surface area contributed by atoms with E-state index in [2.05, 4.69) is 19.1 Å². The summed E-state index contributed by atoms with van der Waals surface area (Å²) in [5.74, 6) is -0.690. The van der Waals surface area contributed by atoms with Gasteiger partial charge in [-0.2, -0.15) is 5.10 Å². The van der Waals surface area contributed by atoms with E-state index in [0.717, 1.165) is 25.0 Å². The minimum absolute atomic E-state index is 0.0454. The number of rotatable bonds is 8. The first-order valence-electron chi connectivity index (χ1n) is 14.9. The molecule has 3 aliphatic rings. The van der Waals surface area contributed by atoms with Gasteiger partial charge in [-0.15, -0.1) is 0 Å². The molecule has 1 saturated carbocycles. The first-order chi connectivity index (χ1) is 20.9. The molecule has 4 aromatic rings. The summed E-state index contributed by atoms with van der Waals surface area (Å²) in [5.41, 5.74) is 5.85.